The highest BCUT2D eigenvalue weighted by molar-refractivity contribution is 5.95. The lowest BCUT2D eigenvalue weighted by Crippen LogP contribution is -2.26. The molecule has 1 aliphatic heterocycles. The zero-order valence-corrected chi connectivity index (χ0v) is 18.4. The first-order chi connectivity index (χ1) is 14.6. The Kier molecular flexibility index (Phi) is 9.38. The number of rotatable bonds is 7. The highest BCUT2D eigenvalue weighted by Crippen LogP contribution is 2.31. The lowest BCUT2D eigenvalue weighted by atomic mass is 9.98. The molecule has 166 valence electrons. The minimum atomic E-state index is -0.371. The molecular formula is C23H27ClN2O5. The van der Waals surface area contributed by atoms with Crippen molar-refractivity contribution in [3.63, 3.8) is 0 Å². The van der Waals surface area contributed by atoms with Crippen LogP contribution in [-0.2, 0) is 25.6 Å². The zero-order valence-electron chi connectivity index (χ0n) is 17.6. The quantitative estimate of drug-likeness (QED) is 0.389. The number of anilines is 1. The predicted molar refractivity (Wildman–Crippen MR) is 121 cm³/mol. The van der Waals surface area contributed by atoms with E-state index in [9.17, 15) is 9.59 Å². The van der Waals surface area contributed by atoms with Crippen LogP contribution in [0.3, 0.4) is 0 Å². The molecule has 2 aliphatic rings. The third-order valence-corrected chi connectivity index (χ3v) is 4.69. The molecule has 1 heterocycles. The van der Waals surface area contributed by atoms with Gasteiger partial charge < -0.3 is 19.6 Å². The number of carbonyl (C=O) groups is 2. The number of aryl methyl sites for hydroxylation is 1. The van der Waals surface area contributed by atoms with Gasteiger partial charge in [-0.2, -0.15) is 0 Å². The van der Waals surface area contributed by atoms with Crippen molar-refractivity contribution >= 4 is 35.8 Å². The molecule has 0 bridgehead atoms. The summed E-state index contributed by atoms with van der Waals surface area (Å²) in [5.74, 6) is 2.76. The molecular weight excluding hydrogens is 420 g/mol. The van der Waals surface area contributed by atoms with Crippen molar-refractivity contribution in [2.75, 3.05) is 18.5 Å². The maximum Gasteiger partial charge on any atom is 0.309 e. The molecule has 1 aromatic carbocycles. The molecule has 1 aromatic rings. The molecule has 1 unspecified atom stereocenters. The van der Waals surface area contributed by atoms with E-state index in [1.165, 1.54) is 0 Å². The number of esters is 1. The molecule has 0 spiro atoms. The zero-order chi connectivity index (χ0) is 21.3. The lowest BCUT2D eigenvalue weighted by molar-refractivity contribution is -0.145. The number of halogens is 1. The minimum Gasteiger partial charge on any atom is -0.490 e. The number of fused-ring (bicyclic) bond motifs is 1. The standard InChI is InChI=1S/C23H26N2O5.ClH/c1-3-28-22(26)14-20-11-9-18-13-19(10-12-21(18)30-20)25-23(27)17-7-5-16(6-8-17)15-24-29-4-2;/h5-8,10,12-13,17,20H,3-4,9,11,14H2,1-2H3,(H,25,27);1H. The molecule has 0 fully saturated rings. The van der Waals surface area contributed by atoms with Crippen molar-refractivity contribution in [1.29, 1.82) is 0 Å². The van der Waals surface area contributed by atoms with E-state index in [0.717, 1.165) is 29.7 Å². The van der Waals surface area contributed by atoms with Crippen molar-refractivity contribution in [2.45, 2.75) is 39.2 Å². The summed E-state index contributed by atoms with van der Waals surface area (Å²) in [6.45, 7) is 4.49. The molecule has 31 heavy (non-hydrogen) atoms. The van der Waals surface area contributed by atoms with Crippen molar-refractivity contribution in [3.05, 3.63) is 53.6 Å². The van der Waals surface area contributed by atoms with Crippen LogP contribution >= 0.6 is 12.4 Å². The third kappa shape index (κ3) is 7.02. The Balaban J connectivity index is 0.00000341. The number of carbonyl (C=O) groups excluding carboxylic acids is 2. The number of hydrogen-bond donors (Lipinski definition) is 1. The Morgan fingerprint density at radius 1 is 1.23 bits per heavy atom. The van der Waals surface area contributed by atoms with Crippen molar-refractivity contribution in [1.82, 2.24) is 0 Å². The summed E-state index contributed by atoms with van der Waals surface area (Å²) in [6.07, 6.45) is 8.74. The van der Waals surface area contributed by atoms with E-state index >= 15 is 0 Å². The molecule has 1 N–H and O–H groups in total. The van der Waals surface area contributed by atoms with Crippen molar-refractivity contribution in [3.8, 4) is 5.75 Å². The Hall–Kier alpha value is -3.02. The van der Waals surface area contributed by atoms with Gasteiger partial charge >= 0.3 is 5.97 Å². The Morgan fingerprint density at radius 3 is 2.71 bits per heavy atom. The average Bonchev–Trinajstić information content (AvgIpc) is 2.74. The van der Waals surface area contributed by atoms with Gasteiger partial charge in [0.05, 0.1) is 18.9 Å². The molecule has 8 heteroatoms. The topological polar surface area (TPSA) is 86.2 Å². The van der Waals surface area contributed by atoms with Crippen LogP contribution in [0.25, 0.3) is 0 Å². The van der Waals surface area contributed by atoms with E-state index in [1.807, 2.05) is 19.1 Å². The summed E-state index contributed by atoms with van der Waals surface area (Å²) in [7, 11) is 0. The second-order valence-corrected chi connectivity index (χ2v) is 6.92. The first kappa shape index (κ1) is 24.3. The Morgan fingerprint density at radius 2 is 2.00 bits per heavy atom. The molecule has 1 aliphatic carbocycles. The molecule has 3 rings (SSSR count). The molecule has 0 saturated heterocycles. The fraction of sp³-hybridized carbons (Fsp3) is 0.391. The van der Waals surface area contributed by atoms with Crippen LogP contribution in [0, 0.1) is 5.92 Å². The number of nitrogens with zero attached hydrogens (tertiary/aromatic N) is 1. The van der Waals surface area contributed by atoms with Gasteiger partial charge in [-0.3, -0.25) is 9.59 Å². The summed E-state index contributed by atoms with van der Waals surface area (Å²) >= 11 is 0. The van der Waals surface area contributed by atoms with Crippen LogP contribution in [-0.4, -0.2) is 37.1 Å². The van der Waals surface area contributed by atoms with Gasteiger partial charge in [-0.15, -0.1) is 12.4 Å². The minimum absolute atomic E-state index is 0. The maximum atomic E-state index is 12.6. The maximum absolute atomic E-state index is 12.6. The largest absolute Gasteiger partial charge is 0.490 e. The van der Waals surface area contributed by atoms with E-state index in [4.69, 9.17) is 14.3 Å². The number of ether oxygens (including phenoxy) is 2. The molecule has 1 amide bonds. The van der Waals surface area contributed by atoms with Gasteiger partial charge in [0.25, 0.3) is 0 Å². The number of benzene rings is 1. The van der Waals surface area contributed by atoms with Crippen LogP contribution in [0.2, 0.25) is 0 Å². The second-order valence-electron chi connectivity index (χ2n) is 6.92. The fourth-order valence-corrected chi connectivity index (χ4v) is 3.23. The van der Waals surface area contributed by atoms with E-state index in [1.54, 1.807) is 37.3 Å². The van der Waals surface area contributed by atoms with Gasteiger partial charge in [0, 0.05) is 17.1 Å². The second kappa shape index (κ2) is 12.0. The normalized spacial score (nSPS) is 18.6. The van der Waals surface area contributed by atoms with Crippen LogP contribution in [0.15, 0.2) is 53.2 Å². The van der Waals surface area contributed by atoms with Gasteiger partial charge in [-0.1, -0.05) is 12.2 Å². The molecule has 7 nitrogen and oxygen atoms in total. The summed E-state index contributed by atoms with van der Waals surface area (Å²) in [5, 5.41) is 6.63. The van der Waals surface area contributed by atoms with E-state index in [-0.39, 0.29) is 42.7 Å². The first-order valence-electron chi connectivity index (χ1n) is 10.2. The van der Waals surface area contributed by atoms with Crippen molar-refractivity contribution < 1.29 is 23.9 Å². The van der Waals surface area contributed by atoms with E-state index < -0.39 is 0 Å². The molecule has 0 radical (unpaired) electrons. The third-order valence-electron chi connectivity index (χ3n) is 4.69. The summed E-state index contributed by atoms with van der Waals surface area (Å²) in [4.78, 5) is 29.1. The molecule has 0 saturated carbocycles. The number of allylic oxidation sites excluding steroid dienone is 3. The lowest BCUT2D eigenvalue weighted by Gasteiger charge is -2.26. The summed E-state index contributed by atoms with van der Waals surface area (Å²) in [5.41, 5.74) is 2.48. The van der Waals surface area contributed by atoms with Gasteiger partial charge in [-0.05, 0) is 67.8 Å². The van der Waals surface area contributed by atoms with Gasteiger partial charge in [-0.25, -0.2) is 0 Å². The van der Waals surface area contributed by atoms with E-state index in [0.29, 0.717) is 18.9 Å². The summed E-state index contributed by atoms with van der Waals surface area (Å²) in [6, 6.07) is 5.56. The van der Waals surface area contributed by atoms with E-state index in [2.05, 4.69) is 16.3 Å². The molecule has 0 aromatic heterocycles. The SMILES string of the molecule is CCON=C=C1C=CC(C(=O)Nc2ccc3c(c2)CCC(CC(=O)OCC)O3)C=C1.Cl. The monoisotopic (exact) mass is 446 g/mol. The fourth-order valence-electron chi connectivity index (χ4n) is 3.23. The summed E-state index contributed by atoms with van der Waals surface area (Å²) < 4.78 is 10.9. The number of hydrogen-bond acceptors (Lipinski definition) is 6. The van der Waals surface area contributed by atoms with Crippen LogP contribution in [0.5, 0.6) is 5.75 Å². The van der Waals surface area contributed by atoms with Gasteiger partial charge in [0.15, 0.2) is 0 Å². The van der Waals surface area contributed by atoms with Crippen LogP contribution < -0.4 is 10.1 Å². The number of nitrogens with one attached hydrogen (secondary N) is 1. The highest BCUT2D eigenvalue weighted by Gasteiger charge is 2.23. The van der Waals surface area contributed by atoms with Crippen LogP contribution in [0.4, 0.5) is 5.69 Å². The van der Waals surface area contributed by atoms with Crippen LogP contribution in [0.1, 0.15) is 32.3 Å². The number of amides is 1. The smallest absolute Gasteiger partial charge is 0.309 e. The van der Waals surface area contributed by atoms with Crippen molar-refractivity contribution in [2.24, 2.45) is 11.1 Å². The van der Waals surface area contributed by atoms with Gasteiger partial charge in [0.1, 0.15) is 18.5 Å². The Labute approximate surface area is 188 Å². The Bertz CT molecular complexity index is 903. The average molecular weight is 447 g/mol. The highest BCUT2D eigenvalue weighted by atomic mass is 35.5. The predicted octanol–water partition coefficient (Wildman–Crippen LogP) is 3.98. The molecule has 1 atom stereocenters. The first-order valence-corrected chi connectivity index (χ1v) is 10.2. The van der Waals surface area contributed by atoms with Gasteiger partial charge in [0.2, 0.25) is 5.91 Å².